The lowest BCUT2D eigenvalue weighted by atomic mass is 10.0. The van der Waals surface area contributed by atoms with Gasteiger partial charge in [-0.1, -0.05) is 6.07 Å². The number of likely N-dealkylation sites (tertiary alicyclic amines) is 1. The van der Waals surface area contributed by atoms with E-state index in [2.05, 4.69) is 10.4 Å². The van der Waals surface area contributed by atoms with Gasteiger partial charge in [0.1, 0.15) is 0 Å². The van der Waals surface area contributed by atoms with Gasteiger partial charge < -0.3 is 16.0 Å². The number of hydrogen-bond acceptors (Lipinski definition) is 5. The van der Waals surface area contributed by atoms with Gasteiger partial charge in [0.25, 0.3) is 0 Å². The van der Waals surface area contributed by atoms with Crippen LogP contribution in [-0.4, -0.2) is 56.6 Å². The maximum atomic E-state index is 12.7. The fourth-order valence-electron chi connectivity index (χ4n) is 3.45. The Morgan fingerprint density at radius 3 is 2.89 bits per heavy atom. The monoisotopic (exact) mass is 374 g/mol. The van der Waals surface area contributed by atoms with Crippen LogP contribution in [0.5, 0.6) is 0 Å². The number of hydrogen-bond donors (Lipinski definition) is 2. The first-order valence-corrected chi connectivity index (χ1v) is 9.40. The maximum Gasteiger partial charge on any atom is 0.350 e. The second kappa shape index (κ2) is 8.81. The van der Waals surface area contributed by atoms with Gasteiger partial charge in [-0.05, 0) is 31.4 Å². The molecule has 3 N–H and O–H groups in total. The third-order valence-electron chi connectivity index (χ3n) is 4.88. The number of carbonyl (C=O) groups excluding carboxylic acids is 2. The van der Waals surface area contributed by atoms with Crippen LogP contribution in [0.1, 0.15) is 32.1 Å². The topological polar surface area (TPSA) is 115 Å². The molecule has 2 aromatic rings. The molecule has 27 heavy (non-hydrogen) atoms. The van der Waals surface area contributed by atoms with Crippen LogP contribution in [0.2, 0.25) is 0 Å². The van der Waals surface area contributed by atoms with Crippen molar-refractivity contribution in [3.63, 3.8) is 0 Å². The van der Waals surface area contributed by atoms with Crippen molar-refractivity contribution in [1.29, 1.82) is 0 Å². The molecule has 0 radical (unpaired) electrons. The Morgan fingerprint density at radius 2 is 2.11 bits per heavy atom. The highest BCUT2D eigenvalue weighted by molar-refractivity contribution is 5.77. The number of aryl methyl sites for hydroxylation is 1. The van der Waals surface area contributed by atoms with E-state index in [0.29, 0.717) is 25.3 Å². The zero-order valence-electron chi connectivity index (χ0n) is 15.3. The minimum absolute atomic E-state index is 0.00855. The average Bonchev–Trinajstić information content (AvgIpc) is 3.01. The summed E-state index contributed by atoms with van der Waals surface area (Å²) in [5, 5.41) is 7.11. The van der Waals surface area contributed by atoms with Gasteiger partial charge in [0.15, 0.2) is 5.65 Å². The Bertz CT molecular complexity index is 858. The fourth-order valence-corrected chi connectivity index (χ4v) is 3.45. The minimum Gasteiger partial charge on any atom is -0.354 e. The van der Waals surface area contributed by atoms with Crippen molar-refractivity contribution >= 4 is 17.5 Å². The number of piperidine rings is 1. The maximum absolute atomic E-state index is 12.7. The number of nitrogens with one attached hydrogen (secondary N) is 1. The molecule has 0 aromatic carbocycles. The molecule has 0 saturated carbocycles. The number of rotatable bonds is 7. The highest BCUT2D eigenvalue weighted by atomic mass is 16.2. The zero-order chi connectivity index (χ0) is 19.2. The molecule has 1 aliphatic heterocycles. The van der Waals surface area contributed by atoms with E-state index < -0.39 is 0 Å². The van der Waals surface area contributed by atoms with Gasteiger partial charge >= 0.3 is 5.69 Å². The van der Waals surface area contributed by atoms with Crippen molar-refractivity contribution in [3.8, 4) is 0 Å². The largest absolute Gasteiger partial charge is 0.354 e. The van der Waals surface area contributed by atoms with Crippen molar-refractivity contribution in [3.05, 3.63) is 34.9 Å². The molecule has 3 rings (SSSR count). The molecule has 0 bridgehead atoms. The van der Waals surface area contributed by atoms with E-state index in [1.54, 1.807) is 18.3 Å². The molecule has 2 aromatic heterocycles. The number of aromatic nitrogens is 3. The summed E-state index contributed by atoms with van der Waals surface area (Å²) in [6.07, 6.45) is 5.01. The van der Waals surface area contributed by atoms with E-state index >= 15 is 0 Å². The quantitative estimate of drug-likeness (QED) is 0.692. The highest BCUT2D eigenvalue weighted by Gasteiger charge is 2.26. The molecule has 3 heterocycles. The molecule has 1 fully saturated rings. The summed E-state index contributed by atoms with van der Waals surface area (Å²) >= 11 is 0. The number of fused-ring (bicyclic) bond motifs is 1. The number of pyridine rings is 1. The van der Waals surface area contributed by atoms with Gasteiger partial charge in [0, 0.05) is 44.7 Å². The summed E-state index contributed by atoms with van der Waals surface area (Å²) in [5.41, 5.74) is 5.70. The van der Waals surface area contributed by atoms with Gasteiger partial charge in [-0.15, -0.1) is 5.10 Å². The molecule has 0 spiro atoms. The second-order valence-corrected chi connectivity index (χ2v) is 6.76. The Labute approximate surface area is 157 Å². The summed E-state index contributed by atoms with van der Waals surface area (Å²) in [6, 6.07) is 5.33. The van der Waals surface area contributed by atoms with Crippen LogP contribution < -0.4 is 16.7 Å². The van der Waals surface area contributed by atoms with Crippen LogP contribution >= 0.6 is 0 Å². The summed E-state index contributed by atoms with van der Waals surface area (Å²) < 4.78 is 2.79. The smallest absolute Gasteiger partial charge is 0.350 e. The van der Waals surface area contributed by atoms with E-state index in [4.69, 9.17) is 5.73 Å². The van der Waals surface area contributed by atoms with Crippen molar-refractivity contribution in [2.75, 3.05) is 19.6 Å². The third-order valence-corrected chi connectivity index (χ3v) is 4.88. The number of carbonyl (C=O) groups is 2. The first-order valence-electron chi connectivity index (χ1n) is 9.40. The molecule has 1 saturated heterocycles. The molecule has 9 nitrogen and oxygen atoms in total. The van der Waals surface area contributed by atoms with E-state index in [1.807, 2.05) is 11.0 Å². The van der Waals surface area contributed by atoms with Crippen LogP contribution in [0.3, 0.4) is 0 Å². The van der Waals surface area contributed by atoms with E-state index in [9.17, 15) is 14.4 Å². The van der Waals surface area contributed by atoms with Crippen LogP contribution in [0.15, 0.2) is 29.2 Å². The third kappa shape index (κ3) is 4.54. The Balaban J connectivity index is 1.60. The van der Waals surface area contributed by atoms with E-state index in [0.717, 1.165) is 19.3 Å². The SMILES string of the molecule is NCCC(=O)NCC1CCCCN1C(=O)CCn1nc2ccccn2c1=O. The Hall–Kier alpha value is -2.68. The second-order valence-electron chi connectivity index (χ2n) is 6.76. The number of amides is 2. The minimum atomic E-state index is -0.248. The molecule has 1 atom stereocenters. The van der Waals surface area contributed by atoms with Crippen LogP contribution in [0.4, 0.5) is 0 Å². The first-order chi connectivity index (χ1) is 13.1. The Kier molecular flexibility index (Phi) is 6.23. The van der Waals surface area contributed by atoms with E-state index in [-0.39, 0.29) is 42.9 Å². The summed E-state index contributed by atoms with van der Waals surface area (Å²) in [4.78, 5) is 38.5. The van der Waals surface area contributed by atoms with Crippen molar-refractivity contribution in [2.24, 2.45) is 5.73 Å². The Morgan fingerprint density at radius 1 is 1.26 bits per heavy atom. The van der Waals surface area contributed by atoms with Crippen LogP contribution in [0.25, 0.3) is 5.65 Å². The zero-order valence-corrected chi connectivity index (χ0v) is 15.3. The lowest BCUT2D eigenvalue weighted by Gasteiger charge is -2.36. The summed E-state index contributed by atoms with van der Waals surface area (Å²) in [5.74, 6) is -0.108. The molecular weight excluding hydrogens is 348 g/mol. The van der Waals surface area contributed by atoms with Crippen LogP contribution in [-0.2, 0) is 16.1 Å². The van der Waals surface area contributed by atoms with Gasteiger partial charge in [0.2, 0.25) is 11.8 Å². The van der Waals surface area contributed by atoms with Crippen LogP contribution in [0, 0.1) is 0 Å². The van der Waals surface area contributed by atoms with Gasteiger partial charge in [0.05, 0.1) is 6.54 Å². The van der Waals surface area contributed by atoms with Gasteiger partial charge in [-0.2, -0.15) is 0 Å². The molecule has 1 aliphatic rings. The first kappa shape index (κ1) is 19.1. The fraction of sp³-hybridized carbons (Fsp3) is 0.556. The standard InChI is InChI=1S/C18H26N6O3/c19-9-7-16(25)20-13-14-5-1-3-10-22(14)17(26)8-12-24-18(27)23-11-4-2-6-15(23)21-24/h2,4,6,11,14H,1,3,5,7-10,12-13,19H2,(H,20,25). The average molecular weight is 374 g/mol. The lowest BCUT2D eigenvalue weighted by molar-refractivity contribution is -0.135. The molecule has 2 amide bonds. The predicted octanol–water partition coefficient (Wildman–Crippen LogP) is -0.268. The number of nitrogens with two attached hydrogens (primary N) is 1. The lowest BCUT2D eigenvalue weighted by Crippen LogP contribution is -2.49. The van der Waals surface area contributed by atoms with Crippen molar-refractivity contribution < 1.29 is 9.59 Å². The normalized spacial score (nSPS) is 17.2. The summed E-state index contributed by atoms with van der Waals surface area (Å²) in [6.45, 7) is 1.67. The number of nitrogens with zero attached hydrogens (tertiary/aromatic N) is 4. The summed E-state index contributed by atoms with van der Waals surface area (Å²) in [7, 11) is 0. The van der Waals surface area contributed by atoms with Crippen molar-refractivity contribution in [2.45, 2.75) is 44.7 Å². The van der Waals surface area contributed by atoms with Gasteiger partial charge in [-0.3, -0.25) is 14.0 Å². The molecule has 9 heteroatoms. The highest BCUT2D eigenvalue weighted by Crippen LogP contribution is 2.17. The van der Waals surface area contributed by atoms with E-state index in [1.165, 1.54) is 9.08 Å². The molecule has 146 valence electrons. The predicted molar refractivity (Wildman–Crippen MR) is 100 cm³/mol. The molecular formula is C18H26N6O3. The van der Waals surface area contributed by atoms with Crippen molar-refractivity contribution in [1.82, 2.24) is 24.4 Å². The molecule has 0 aliphatic carbocycles. The molecule has 1 unspecified atom stereocenters. The van der Waals surface area contributed by atoms with Gasteiger partial charge in [-0.25, -0.2) is 9.48 Å².